The molecule has 1 aliphatic heterocycles. The number of rotatable bonds is 2. The average Bonchev–Trinajstić information content (AvgIpc) is 2.76. The maximum Gasteiger partial charge on any atom is 0.260 e. The molecule has 0 bridgehead atoms. The zero-order valence-corrected chi connectivity index (χ0v) is 12.6. The average molecular weight is 306 g/mol. The molecule has 6 nitrogen and oxygen atoms in total. The molecule has 1 fully saturated rings. The molecule has 1 unspecified atom stereocenters. The monoisotopic (exact) mass is 306 g/mol. The quantitative estimate of drug-likeness (QED) is 0.774. The third-order valence-electron chi connectivity index (χ3n) is 3.83. The second-order valence-corrected chi connectivity index (χ2v) is 6.43. The number of pyridine rings is 1. The first-order valence-electron chi connectivity index (χ1n) is 6.90. The van der Waals surface area contributed by atoms with Crippen LogP contribution in [0.3, 0.4) is 0 Å². The number of hydrogen-bond acceptors (Lipinski definition) is 6. The van der Waals surface area contributed by atoms with Crippen molar-refractivity contribution in [2.24, 2.45) is 5.73 Å². The van der Waals surface area contributed by atoms with Gasteiger partial charge in [0.2, 0.25) is 0 Å². The SMILES string of the molecule is Cc1cc(N2CCCC(O)C2)nc2sc(C(N)=O)c(N)c12. The predicted molar refractivity (Wildman–Crippen MR) is 84.7 cm³/mol. The maximum absolute atomic E-state index is 11.4. The van der Waals surface area contributed by atoms with Crippen molar-refractivity contribution < 1.29 is 9.90 Å². The molecule has 1 amide bonds. The van der Waals surface area contributed by atoms with Crippen LogP contribution >= 0.6 is 11.3 Å². The number of primary amides is 1. The van der Waals surface area contributed by atoms with Crippen LogP contribution in [0, 0.1) is 6.92 Å². The lowest BCUT2D eigenvalue weighted by atomic mass is 10.1. The molecule has 0 radical (unpaired) electrons. The lowest BCUT2D eigenvalue weighted by molar-refractivity contribution is 0.100. The molecule has 1 aliphatic rings. The van der Waals surface area contributed by atoms with E-state index >= 15 is 0 Å². The topological polar surface area (TPSA) is 105 Å². The normalized spacial score (nSPS) is 19.1. The van der Waals surface area contributed by atoms with Gasteiger partial charge in [-0.2, -0.15) is 0 Å². The molecule has 7 heteroatoms. The molecule has 112 valence electrons. The number of aliphatic hydroxyl groups excluding tert-OH is 1. The van der Waals surface area contributed by atoms with Gasteiger partial charge in [0, 0.05) is 18.5 Å². The van der Waals surface area contributed by atoms with E-state index < -0.39 is 5.91 Å². The zero-order valence-electron chi connectivity index (χ0n) is 11.8. The molecule has 1 saturated heterocycles. The predicted octanol–water partition coefficient (Wildman–Crippen LogP) is 1.25. The number of aromatic nitrogens is 1. The summed E-state index contributed by atoms with van der Waals surface area (Å²) in [7, 11) is 0. The van der Waals surface area contributed by atoms with E-state index in [0.29, 0.717) is 17.1 Å². The summed E-state index contributed by atoms with van der Waals surface area (Å²) in [5.41, 5.74) is 12.7. The summed E-state index contributed by atoms with van der Waals surface area (Å²) < 4.78 is 0. The molecule has 0 aromatic carbocycles. The Hall–Kier alpha value is -1.86. The van der Waals surface area contributed by atoms with Crippen LogP contribution in [-0.4, -0.2) is 35.2 Å². The van der Waals surface area contributed by atoms with E-state index in [9.17, 15) is 9.90 Å². The summed E-state index contributed by atoms with van der Waals surface area (Å²) >= 11 is 1.23. The second kappa shape index (κ2) is 5.16. The van der Waals surface area contributed by atoms with Crippen LogP contribution in [0.15, 0.2) is 6.07 Å². The summed E-state index contributed by atoms with van der Waals surface area (Å²) in [4.78, 5) is 19.2. The van der Waals surface area contributed by atoms with Gasteiger partial charge < -0.3 is 21.5 Å². The number of hydrogen-bond donors (Lipinski definition) is 3. The molecule has 0 saturated carbocycles. The van der Waals surface area contributed by atoms with E-state index in [1.807, 2.05) is 13.0 Å². The standard InChI is InChI=1S/C14H18N4O2S/c1-7-5-9(18-4-2-3-8(19)6-18)17-14-10(7)11(15)12(21-14)13(16)20/h5,8,19H,2-4,6,15H2,1H3,(H2,16,20). The van der Waals surface area contributed by atoms with E-state index in [4.69, 9.17) is 11.5 Å². The Morgan fingerprint density at radius 2 is 2.33 bits per heavy atom. The molecular formula is C14H18N4O2S. The Morgan fingerprint density at radius 1 is 1.57 bits per heavy atom. The number of piperidine rings is 1. The zero-order chi connectivity index (χ0) is 15.1. The van der Waals surface area contributed by atoms with Crippen LogP contribution in [0.5, 0.6) is 0 Å². The first-order chi connectivity index (χ1) is 9.97. The highest BCUT2D eigenvalue weighted by molar-refractivity contribution is 7.21. The number of thiophene rings is 1. The van der Waals surface area contributed by atoms with Gasteiger partial charge in [-0.05, 0) is 31.4 Å². The fourth-order valence-corrected chi connectivity index (χ4v) is 3.82. The second-order valence-electron chi connectivity index (χ2n) is 5.43. The van der Waals surface area contributed by atoms with Crippen LogP contribution in [-0.2, 0) is 0 Å². The van der Waals surface area contributed by atoms with Gasteiger partial charge in [0.1, 0.15) is 15.5 Å². The first kappa shape index (κ1) is 14.1. The largest absolute Gasteiger partial charge is 0.397 e. The van der Waals surface area contributed by atoms with Gasteiger partial charge in [0.15, 0.2) is 0 Å². The van der Waals surface area contributed by atoms with Crippen molar-refractivity contribution in [1.82, 2.24) is 4.98 Å². The number of fused-ring (bicyclic) bond motifs is 1. The van der Waals surface area contributed by atoms with Crippen LogP contribution in [0.4, 0.5) is 11.5 Å². The number of nitrogens with two attached hydrogens (primary N) is 2. The third-order valence-corrected chi connectivity index (χ3v) is 4.94. The van der Waals surface area contributed by atoms with E-state index in [1.165, 1.54) is 11.3 Å². The molecular weight excluding hydrogens is 288 g/mol. The summed E-state index contributed by atoms with van der Waals surface area (Å²) in [5.74, 6) is 0.292. The van der Waals surface area contributed by atoms with Crippen molar-refractivity contribution in [2.45, 2.75) is 25.9 Å². The van der Waals surface area contributed by atoms with Crippen molar-refractivity contribution in [1.29, 1.82) is 0 Å². The van der Waals surface area contributed by atoms with Gasteiger partial charge in [-0.15, -0.1) is 11.3 Å². The van der Waals surface area contributed by atoms with Gasteiger partial charge in [-0.3, -0.25) is 4.79 Å². The number of aliphatic hydroxyl groups is 1. The molecule has 1 atom stereocenters. The van der Waals surface area contributed by atoms with Crippen molar-refractivity contribution >= 4 is 39.0 Å². The number of amides is 1. The van der Waals surface area contributed by atoms with Gasteiger partial charge in [-0.1, -0.05) is 0 Å². The Kier molecular flexibility index (Phi) is 3.46. The fourth-order valence-electron chi connectivity index (χ4n) is 2.80. The molecule has 2 aromatic heterocycles. The van der Waals surface area contributed by atoms with Crippen molar-refractivity contribution in [3.8, 4) is 0 Å². The third kappa shape index (κ3) is 2.43. The number of nitrogens with zero attached hydrogens (tertiary/aromatic N) is 2. The Morgan fingerprint density at radius 3 is 3.00 bits per heavy atom. The molecule has 3 heterocycles. The maximum atomic E-state index is 11.4. The Labute approximate surface area is 126 Å². The van der Waals surface area contributed by atoms with Crippen LogP contribution in [0.25, 0.3) is 10.2 Å². The number of nitrogen functional groups attached to an aromatic ring is 1. The lowest BCUT2D eigenvalue weighted by Crippen LogP contribution is -2.38. The number of aryl methyl sites for hydroxylation is 1. The molecule has 0 aliphatic carbocycles. The smallest absolute Gasteiger partial charge is 0.260 e. The lowest BCUT2D eigenvalue weighted by Gasteiger charge is -2.31. The Balaban J connectivity index is 2.08. The minimum absolute atomic E-state index is 0.314. The van der Waals surface area contributed by atoms with E-state index in [1.54, 1.807) is 0 Å². The highest BCUT2D eigenvalue weighted by Crippen LogP contribution is 2.36. The molecule has 0 spiro atoms. The van der Waals surface area contributed by atoms with E-state index in [-0.39, 0.29) is 6.10 Å². The van der Waals surface area contributed by atoms with Crippen molar-refractivity contribution in [2.75, 3.05) is 23.7 Å². The van der Waals surface area contributed by atoms with Crippen LogP contribution in [0.2, 0.25) is 0 Å². The molecule has 3 rings (SSSR count). The Bertz CT molecular complexity index is 713. The summed E-state index contributed by atoms with van der Waals surface area (Å²) in [6.07, 6.45) is 1.46. The van der Waals surface area contributed by atoms with Crippen molar-refractivity contribution in [3.63, 3.8) is 0 Å². The fraction of sp³-hybridized carbons (Fsp3) is 0.429. The minimum atomic E-state index is -0.523. The highest BCUT2D eigenvalue weighted by Gasteiger charge is 2.22. The number of carbonyl (C=O) groups excluding carboxylic acids is 1. The summed E-state index contributed by atoms with van der Waals surface area (Å²) in [6.45, 7) is 3.40. The van der Waals surface area contributed by atoms with Crippen molar-refractivity contribution in [3.05, 3.63) is 16.5 Å². The molecule has 2 aromatic rings. The van der Waals surface area contributed by atoms with Gasteiger partial charge in [-0.25, -0.2) is 4.98 Å². The summed E-state index contributed by atoms with van der Waals surface area (Å²) in [6, 6.07) is 1.95. The minimum Gasteiger partial charge on any atom is -0.397 e. The summed E-state index contributed by atoms with van der Waals surface area (Å²) in [5, 5.41) is 10.6. The highest BCUT2D eigenvalue weighted by atomic mass is 32.1. The van der Waals surface area contributed by atoms with Gasteiger partial charge in [0.25, 0.3) is 5.91 Å². The van der Waals surface area contributed by atoms with Crippen LogP contribution < -0.4 is 16.4 Å². The first-order valence-corrected chi connectivity index (χ1v) is 7.71. The van der Waals surface area contributed by atoms with Gasteiger partial charge >= 0.3 is 0 Å². The van der Waals surface area contributed by atoms with Gasteiger partial charge in [0.05, 0.1) is 11.8 Å². The number of β-amino-alcohol motifs (C(OH)–C–C–N with tert-alkyl or cyclic N) is 1. The van der Waals surface area contributed by atoms with E-state index in [0.717, 1.165) is 41.0 Å². The molecule has 21 heavy (non-hydrogen) atoms. The van der Waals surface area contributed by atoms with Crippen LogP contribution in [0.1, 0.15) is 28.1 Å². The molecule has 5 N–H and O–H groups in total. The number of anilines is 2. The number of carbonyl (C=O) groups is 1. The van der Waals surface area contributed by atoms with E-state index in [2.05, 4.69) is 9.88 Å².